The summed E-state index contributed by atoms with van der Waals surface area (Å²) in [6.45, 7) is 4.64. The number of thioether (sulfide) groups is 1. The first kappa shape index (κ1) is 31.0. The molecule has 1 saturated carbocycles. The van der Waals surface area contributed by atoms with Gasteiger partial charge in [-0.25, -0.2) is 9.48 Å². The lowest BCUT2D eigenvalue weighted by atomic mass is 9.94. The molecule has 1 unspecified atom stereocenters. The first-order valence-corrected chi connectivity index (χ1v) is 16.8. The number of hydrogen-bond donors (Lipinski definition) is 1. The maximum Gasteiger partial charge on any atom is 0.338 e. The van der Waals surface area contributed by atoms with E-state index in [-0.39, 0.29) is 12.1 Å². The second-order valence-corrected chi connectivity index (χ2v) is 12.6. The smallest absolute Gasteiger partial charge is 0.338 e. The van der Waals surface area contributed by atoms with Gasteiger partial charge in [0.05, 0.1) is 12.2 Å². The molecule has 1 aromatic heterocycles. The third-order valence-electron chi connectivity index (χ3n) is 7.98. The van der Waals surface area contributed by atoms with Gasteiger partial charge in [-0.1, -0.05) is 78.3 Å². The summed E-state index contributed by atoms with van der Waals surface area (Å²) >= 11 is 7.61. The monoisotopic (exact) mass is 644 g/mol. The number of benzene rings is 3. The average Bonchev–Trinajstić information content (AvgIpc) is 3.46. The number of nitrogens with zero attached hydrogens (tertiary/aromatic N) is 3. The Labute approximate surface area is 273 Å². The van der Waals surface area contributed by atoms with Gasteiger partial charge in [0.15, 0.2) is 11.5 Å². The van der Waals surface area contributed by atoms with Crippen LogP contribution in [0.4, 0.5) is 5.95 Å². The Balaban J connectivity index is 1.33. The largest absolute Gasteiger partial charge is 0.490 e. The quantitative estimate of drug-likeness (QED) is 0.129. The van der Waals surface area contributed by atoms with Crippen LogP contribution in [0.5, 0.6) is 11.5 Å². The lowest BCUT2D eigenvalue weighted by molar-refractivity contribution is -0.146. The molecule has 4 aromatic rings. The summed E-state index contributed by atoms with van der Waals surface area (Å²) in [5.74, 6) is 2.15. The minimum Gasteiger partial charge on any atom is -0.490 e. The number of hydrogen-bond acceptors (Lipinski definition) is 8. The van der Waals surface area contributed by atoms with Crippen LogP contribution in [0.3, 0.4) is 0 Å². The molecule has 0 spiro atoms. The Bertz CT molecular complexity index is 1650. The standard InChI is InChI=1S/C35H37ClN4O4S/c1-3-42-30-20-26(16-19-29(30)43-21-24-14-17-27(36)18-15-24)32-31(33(41)44-28-12-8-5-9-13-28)23(2)37-34-38-35(39-40(32)34)45-22-25-10-6-4-7-11-25/h4,6-7,10-11,14-20,28,32H,3,5,8-9,12-13,21-22H2,1-2H3,(H,37,38,39). The molecule has 1 atom stereocenters. The van der Waals surface area contributed by atoms with Crippen LogP contribution >= 0.6 is 23.4 Å². The summed E-state index contributed by atoms with van der Waals surface area (Å²) in [4.78, 5) is 18.7. The Hall–Kier alpha value is -3.95. The van der Waals surface area contributed by atoms with Crippen molar-refractivity contribution in [2.75, 3.05) is 11.9 Å². The second kappa shape index (κ2) is 14.4. The van der Waals surface area contributed by atoms with Crippen LogP contribution in [-0.4, -0.2) is 33.4 Å². The average molecular weight is 645 g/mol. The SMILES string of the molecule is CCOc1cc(C2C(C(=O)OC3CCCCC3)=C(C)Nc3nc(SCc4ccccc4)nn32)ccc1OCc1ccc(Cl)cc1. The lowest BCUT2D eigenvalue weighted by Gasteiger charge is -2.30. The van der Waals surface area contributed by atoms with E-state index >= 15 is 0 Å². The first-order chi connectivity index (χ1) is 22.0. The first-order valence-electron chi connectivity index (χ1n) is 15.4. The summed E-state index contributed by atoms with van der Waals surface area (Å²) < 4.78 is 20.1. The van der Waals surface area contributed by atoms with Crippen LogP contribution in [0.2, 0.25) is 5.02 Å². The van der Waals surface area contributed by atoms with Gasteiger partial charge in [-0.05, 0) is 80.5 Å². The van der Waals surface area contributed by atoms with Gasteiger partial charge in [0.25, 0.3) is 0 Å². The Morgan fingerprint density at radius 3 is 2.51 bits per heavy atom. The van der Waals surface area contributed by atoms with Crippen molar-refractivity contribution in [1.82, 2.24) is 14.8 Å². The van der Waals surface area contributed by atoms with E-state index in [0.717, 1.165) is 42.6 Å². The zero-order valence-electron chi connectivity index (χ0n) is 25.5. The molecule has 1 N–H and O–H groups in total. The van der Waals surface area contributed by atoms with Crippen molar-refractivity contribution in [3.05, 3.63) is 106 Å². The van der Waals surface area contributed by atoms with Crippen molar-refractivity contribution < 1.29 is 19.0 Å². The molecule has 6 rings (SSSR count). The summed E-state index contributed by atoms with van der Waals surface area (Å²) in [5, 5.41) is 9.53. The number of allylic oxidation sites excluding steroid dienone is 1. The van der Waals surface area contributed by atoms with E-state index in [1.807, 2.05) is 74.5 Å². The number of carbonyl (C=O) groups is 1. The Morgan fingerprint density at radius 2 is 1.76 bits per heavy atom. The number of aromatic nitrogens is 3. The molecule has 0 amide bonds. The molecule has 10 heteroatoms. The van der Waals surface area contributed by atoms with Gasteiger partial charge in [-0.2, -0.15) is 4.98 Å². The van der Waals surface area contributed by atoms with E-state index in [4.69, 9.17) is 35.9 Å². The Kier molecular flexibility index (Phi) is 9.96. The van der Waals surface area contributed by atoms with E-state index in [1.54, 1.807) is 16.4 Å². The van der Waals surface area contributed by atoms with Crippen molar-refractivity contribution in [2.24, 2.45) is 0 Å². The predicted octanol–water partition coefficient (Wildman–Crippen LogP) is 8.37. The molecule has 234 valence electrons. The van der Waals surface area contributed by atoms with Crippen molar-refractivity contribution in [3.63, 3.8) is 0 Å². The molecule has 3 aromatic carbocycles. The number of halogens is 1. The zero-order chi connectivity index (χ0) is 31.2. The van der Waals surface area contributed by atoms with E-state index in [9.17, 15) is 4.79 Å². The van der Waals surface area contributed by atoms with Gasteiger partial charge in [0, 0.05) is 16.5 Å². The van der Waals surface area contributed by atoms with E-state index in [0.29, 0.717) is 52.1 Å². The molecular weight excluding hydrogens is 608 g/mol. The molecule has 1 fully saturated rings. The molecule has 1 aliphatic carbocycles. The molecule has 45 heavy (non-hydrogen) atoms. The third-order valence-corrected chi connectivity index (χ3v) is 9.14. The van der Waals surface area contributed by atoms with Crippen molar-refractivity contribution in [1.29, 1.82) is 0 Å². The van der Waals surface area contributed by atoms with Crippen LogP contribution < -0.4 is 14.8 Å². The highest BCUT2D eigenvalue weighted by Gasteiger charge is 2.37. The maximum atomic E-state index is 13.9. The molecule has 0 radical (unpaired) electrons. The van der Waals surface area contributed by atoms with Crippen LogP contribution in [-0.2, 0) is 21.9 Å². The van der Waals surface area contributed by atoms with Crippen molar-refractivity contribution in [2.45, 2.75) is 75.6 Å². The molecule has 8 nitrogen and oxygen atoms in total. The number of ether oxygens (including phenoxy) is 3. The van der Waals surface area contributed by atoms with E-state index in [1.165, 1.54) is 12.0 Å². The third kappa shape index (κ3) is 7.48. The maximum absolute atomic E-state index is 13.9. The number of esters is 1. The fourth-order valence-corrected chi connectivity index (χ4v) is 6.62. The lowest BCUT2D eigenvalue weighted by Crippen LogP contribution is -2.32. The zero-order valence-corrected chi connectivity index (χ0v) is 27.1. The number of fused-ring (bicyclic) bond motifs is 1. The van der Waals surface area contributed by atoms with Gasteiger partial charge in [-0.3, -0.25) is 0 Å². The van der Waals surface area contributed by atoms with E-state index < -0.39 is 6.04 Å². The highest BCUT2D eigenvalue weighted by Crippen LogP contribution is 2.41. The van der Waals surface area contributed by atoms with Gasteiger partial charge in [0.2, 0.25) is 11.1 Å². The van der Waals surface area contributed by atoms with Crippen LogP contribution in [0.1, 0.15) is 68.7 Å². The van der Waals surface area contributed by atoms with Gasteiger partial charge >= 0.3 is 5.97 Å². The molecule has 1 aliphatic heterocycles. The van der Waals surface area contributed by atoms with Crippen molar-refractivity contribution >= 4 is 35.3 Å². The van der Waals surface area contributed by atoms with Gasteiger partial charge in [0.1, 0.15) is 18.8 Å². The minimum absolute atomic E-state index is 0.0797. The summed E-state index contributed by atoms with van der Waals surface area (Å²) in [7, 11) is 0. The molecule has 0 bridgehead atoms. The number of anilines is 1. The van der Waals surface area contributed by atoms with Crippen LogP contribution in [0.15, 0.2) is 89.2 Å². The predicted molar refractivity (Wildman–Crippen MR) is 177 cm³/mol. The highest BCUT2D eigenvalue weighted by molar-refractivity contribution is 7.98. The van der Waals surface area contributed by atoms with Gasteiger partial charge < -0.3 is 19.5 Å². The van der Waals surface area contributed by atoms with Crippen LogP contribution in [0.25, 0.3) is 0 Å². The highest BCUT2D eigenvalue weighted by atomic mass is 35.5. The van der Waals surface area contributed by atoms with Crippen molar-refractivity contribution in [3.8, 4) is 11.5 Å². The molecular formula is C35H37ClN4O4S. The topological polar surface area (TPSA) is 87.5 Å². The van der Waals surface area contributed by atoms with E-state index in [2.05, 4.69) is 17.4 Å². The molecule has 2 aliphatic rings. The van der Waals surface area contributed by atoms with Crippen LogP contribution in [0, 0.1) is 0 Å². The minimum atomic E-state index is -0.569. The summed E-state index contributed by atoms with van der Waals surface area (Å²) in [5.41, 5.74) is 4.19. The number of rotatable bonds is 11. The summed E-state index contributed by atoms with van der Waals surface area (Å²) in [6, 6.07) is 23.0. The number of carbonyl (C=O) groups excluding carboxylic acids is 1. The number of nitrogens with one attached hydrogen (secondary N) is 1. The summed E-state index contributed by atoms with van der Waals surface area (Å²) in [6.07, 6.45) is 5.02. The second-order valence-electron chi connectivity index (χ2n) is 11.2. The fourth-order valence-electron chi connectivity index (χ4n) is 5.71. The molecule has 2 heterocycles. The fraction of sp³-hybridized carbons (Fsp3) is 0.343. The molecule has 0 saturated heterocycles. The Morgan fingerprint density at radius 1 is 0.978 bits per heavy atom. The normalized spacial score (nSPS) is 16.6. The van der Waals surface area contributed by atoms with Gasteiger partial charge in [-0.15, -0.1) is 5.10 Å².